The molecule has 1 nitrogen and oxygen atoms in total. The van der Waals surface area contributed by atoms with Crippen molar-refractivity contribution in [3.8, 4) is 0 Å². The quantitative estimate of drug-likeness (QED) is 0.795. The van der Waals surface area contributed by atoms with Crippen LogP contribution in [0.1, 0.15) is 23.5 Å². The van der Waals surface area contributed by atoms with E-state index in [1.165, 1.54) is 12.1 Å². The standard InChI is InChI=1S/C10H9ClF3N/c11-8-3-5(6-4-9(6)15)1-2-7(8)10(12,13)14/h1-3,6,9H,4,15H2/t6-,9-/m0/s1. The molecule has 0 aromatic heterocycles. The lowest BCUT2D eigenvalue weighted by Crippen LogP contribution is -2.06. The Bertz CT molecular complexity index is 389. The molecule has 15 heavy (non-hydrogen) atoms. The Labute approximate surface area is 90.0 Å². The lowest BCUT2D eigenvalue weighted by molar-refractivity contribution is -0.137. The van der Waals surface area contributed by atoms with Gasteiger partial charge >= 0.3 is 6.18 Å². The summed E-state index contributed by atoms with van der Waals surface area (Å²) in [5.74, 6) is 0.171. The summed E-state index contributed by atoms with van der Waals surface area (Å²) in [5.41, 5.74) is 5.61. The van der Waals surface area contributed by atoms with Gasteiger partial charge in [-0.15, -0.1) is 0 Å². The molecule has 0 unspecified atom stereocenters. The summed E-state index contributed by atoms with van der Waals surface area (Å²) in [4.78, 5) is 0. The Kier molecular flexibility index (Phi) is 2.43. The van der Waals surface area contributed by atoms with Gasteiger partial charge in [-0.05, 0) is 24.1 Å². The van der Waals surface area contributed by atoms with Crippen LogP contribution in [0.2, 0.25) is 5.02 Å². The fraction of sp³-hybridized carbons (Fsp3) is 0.400. The molecule has 0 amide bonds. The van der Waals surface area contributed by atoms with Gasteiger partial charge in [0.1, 0.15) is 0 Å². The van der Waals surface area contributed by atoms with E-state index in [0.717, 1.165) is 18.1 Å². The molecule has 0 saturated heterocycles. The van der Waals surface area contributed by atoms with Gasteiger partial charge in [0.2, 0.25) is 0 Å². The van der Waals surface area contributed by atoms with Gasteiger partial charge in [0.25, 0.3) is 0 Å². The Morgan fingerprint density at radius 2 is 1.93 bits per heavy atom. The number of rotatable bonds is 1. The molecule has 0 heterocycles. The largest absolute Gasteiger partial charge is 0.417 e. The number of alkyl halides is 3. The van der Waals surface area contributed by atoms with Crippen LogP contribution in [-0.2, 0) is 6.18 Å². The number of benzene rings is 1. The second-order valence-electron chi connectivity index (χ2n) is 3.74. The fourth-order valence-corrected chi connectivity index (χ4v) is 1.89. The van der Waals surface area contributed by atoms with Crippen LogP contribution >= 0.6 is 11.6 Å². The van der Waals surface area contributed by atoms with E-state index in [1.807, 2.05) is 0 Å². The lowest BCUT2D eigenvalue weighted by atomic mass is 10.1. The van der Waals surface area contributed by atoms with Crippen LogP contribution in [0, 0.1) is 0 Å². The molecule has 1 aromatic rings. The smallest absolute Gasteiger partial charge is 0.327 e. The van der Waals surface area contributed by atoms with Crippen molar-refractivity contribution < 1.29 is 13.2 Å². The van der Waals surface area contributed by atoms with Crippen molar-refractivity contribution in [3.63, 3.8) is 0 Å². The second kappa shape index (κ2) is 3.39. The van der Waals surface area contributed by atoms with Crippen molar-refractivity contribution in [2.24, 2.45) is 5.73 Å². The molecular formula is C10H9ClF3N. The van der Waals surface area contributed by atoms with Crippen LogP contribution in [0.15, 0.2) is 18.2 Å². The van der Waals surface area contributed by atoms with Crippen molar-refractivity contribution in [2.45, 2.75) is 24.6 Å². The molecular weight excluding hydrogens is 227 g/mol. The highest BCUT2D eigenvalue weighted by Gasteiger charge is 2.37. The van der Waals surface area contributed by atoms with Gasteiger partial charge in [0.15, 0.2) is 0 Å². The molecule has 2 rings (SSSR count). The molecule has 0 radical (unpaired) electrons. The Morgan fingerprint density at radius 1 is 1.33 bits per heavy atom. The van der Waals surface area contributed by atoms with Crippen LogP contribution in [-0.4, -0.2) is 6.04 Å². The minimum Gasteiger partial charge on any atom is -0.327 e. The molecule has 5 heteroatoms. The van der Waals surface area contributed by atoms with Crippen molar-refractivity contribution >= 4 is 11.6 Å². The summed E-state index contributed by atoms with van der Waals surface area (Å²) in [6, 6.07) is 3.90. The van der Waals surface area contributed by atoms with Gasteiger partial charge in [-0.1, -0.05) is 17.7 Å². The number of nitrogens with two attached hydrogens (primary N) is 1. The average Bonchev–Trinajstić information content (AvgIpc) is 2.80. The van der Waals surface area contributed by atoms with Crippen LogP contribution in [0.5, 0.6) is 0 Å². The predicted molar refractivity (Wildman–Crippen MR) is 51.8 cm³/mol. The van der Waals surface area contributed by atoms with Gasteiger partial charge in [-0.2, -0.15) is 13.2 Å². The van der Waals surface area contributed by atoms with Gasteiger partial charge < -0.3 is 5.73 Å². The highest BCUT2D eigenvalue weighted by Crippen LogP contribution is 2.42. The van der Waals surface area contributed by atoms with Gasteiger partial charge in [0.05, 0.1) is 10.6 Å². The molecule has 2 atom stereocenters. The molecule has 82 valence electrons. The zero-order valence-corrected chi connectivity index (χ0v) is 8.44. The third-order valence-corrected chi connectivity index (χ3v) is 2.88. The molecule has 1 aliphatic rings. The maximum absolute atomic E-state index is 12.4. The molecule has 1 aliphatic carbocycles. The number of hydrogen-bond acceptors (Lipinski definition) is 1. The van der Waals surface area contributed by atoms with E-state index < -0.39 is 11.7 Å². The molecule has 0 aliphatic heterocycles. The van der Waals surface area contributed by atoms with E-state index in [1.54, 1.807) is 0 Å². The van der Waals surface area contributed by atoms with Gasteiger partial charge in [-0.3, -0.25) is 0 Å². The zero-order chi connectivity index (χ0) is 11.2. The van der Waals surface area contributed by atoms with Crippen LogP contribution < -0.4 is 5.73 Å². The van der Waals surface area contributed by atoms with Crippen LogP contribution in [0.3, 0.4) is 0 Å². The van der Waals surface area contributed by atoms with Crippen molar-refractivity contribution in [1.29, 1.82) is 0 Å². The summed E-state index contributed by atoms with van der Waals surface area (Å²) in [6.45, 7) is 0. The highest BCUT2D eigenvalue weighted by atomic mass is 35.5. The number of hydrogen-bond donors (Lipinski definition) is 1. The first-order valence-electron chi connectivity index (χ1n) is 4.52. The molecule has 1 aromatic carbocycles. The highest BCUT2D eigenvalue weighted by molar-refractivity contribution is 6.31. The lowest BCUT2D eigenvalue weighted by Gasteiger charge is -2.09. The van der Waals surface area contributed by atoms with E-state index >= 15 is 0 Å². The Hall–Kier alpha value is -0.740. The minimum absolute atomic E-state index is 0.0674. The fourth-order valence-electron chi connectivity index (χ4n) is 1.59. The molecule has 2 N–H and O–H groups in total. The molecule has 0 spiro atoms. The van der Waals surface area contributed by atoms with E-state index in [9.17, 15) is 13.2 Å². The van der Waals surface area contributed by atoms with Crippen molar-refractivity contribution in [2.75, 3.05) is 0 Å². The zero-order valence-electron chi connectivity index (χ0n) is 7.68. The first-order chi connectivity index (χ1) is 6.89. The number of halogens is 4. The second-order valence-corrected chi connectivity index (χ2v) is 4.15. The maximum atomic E-state index is 12.4. The van der Waals surface area contributed by atoms with E-state index in [2.05, 4.69) is 0 Å². The van der Waals surface area contributed by atoms with E-state index in [0.29, 0.717) is 0 Å². The van der Waals surface area contributed by atoms with Crippen LogP contribution in [0.4, 0.5) is 13.2 Å². The maximum Gasteiger partial charge on any atom is 0.417 e. The van der Waals surface area contributed by atoms with E-state index in [4.69, 9.17) is 17.3 Å². The summed E-state index contributed by atoms with van der Waals surface area (Å²) in [5, 5.41) is -0.251. The summed E-state index contributed by atoms with van der Waals surface area (Å²) in [7, 11) is 0. The average molecular weight is 236 g/mol. The molecule has 1 fully saturated rings. The van der Waals surface area contributed by atoms with Gasteiger partial charge in [0, 0.05) is 12.0 Å². The Balaban J connectivity index is 2.31. The van der Waals surface area contributed by atoms with Crippen LogP contribution in [0.25, 0.3) is 0 Å². The predicted octanol–water partition coefficient (Wildman–Crippen LogP) is 3.17. The third-order valence-electron chi connectivity index (χ3n) is 2.57. The normalized spacial score (nSPS) is 25.4. The monoisotopic (exact) mass is 235 g/mol. The first-order valence-corrected chi connectivity index (χ1v) is 4.89. The molecule has 0 bridgehead atoms. The summed E-state index contributed by atoms with van der Waals surface area (Å²) < 4.78 is 37.1. The molecule has 1 saturated carbocycles. The van der Waals surface area contributed by atoms with Gasteiger partial charge in [-0.25, -0.2) is 0 Å². The van der Waals surface area contributed by atoms with Crippen molar-refractivity contribution in [3.05, 3.63) is 34.3 Å². The van der Waals surface area contributed by atoms with Crippen molar-refractivity contribution in [1.82, 2.24) is 0 Å². The summed E-state index contributed by atoms with van der Waals surface area (Å²) >= 11 is 5.57. The first kappa shape index (κ1) is 10.8. The summed E-state index contributed by atoms with van der Waals surface area (Å²) in [6.07, 6.45) is -3.57. The SMILES string of the molecule is N[C@H]1C[C@H]1c1ccc(C(F)(F)F)c(Cl)c1. The minimum atomic E-state index is -4.39. The topological polar surface area (TPSA) is 26.0 Å². The Morgan fingerprint density at radius 3 is 2.33 bits per heavy atom. The third kappa shape index (κ3) is 2.11. The van der Waals surface area contributed by atoms with E-state index in [-0.39, 0.29) is 17.0 Å².